The first-order chi connectivity index (χ1) is 13.0. The lowest BCUT2D eigenvalue weighted by Gasteiger charge is -2.13. The van der Waals surface area contributed by atoms with Crippen molar-refractivity contribution in [3.63, 3.8) is 0 Å². The van der Waals surface area contributed by atoms with Gasteiger partial charge in [0.25, 0.3) is 0 Å². The number of carboxylic acids is 2. The number of amides is 1. The van der Waals surface area contributed by atoms with E-state index < -0.39 is 18.0 Å². The minimum atomic E-state index is -1.19. The Morgan fingerprint density at radius 1 is 0.815 bits per heavy atom. The van der Waals surface area contributed by atoms with Gasteiger partial charge in [0.15, 0.2) is 0 Å². The van der Waals surface area contributed by atoms with Crippen molar-refractivity contribution in [2.75, 3.05) is 0 Å². The summed E-state index contributed by atoms with van der Waals surface area (Å²) in [7, 11) is 0. The summed E-state index contributed by atoms with van der Waals surface area (Å²) in [4.78, 5) is 33.3. The first-order valence-corrected chi connectivity index (χ1v) is 10.4. The summed E-state index contributed by atoms with van der Waals surface area (Å²) < 4.78 is 0. The van der Waals surface area contributed by atoms with Gasteiger partial charge in [-0.3, -0.25) is 9.59 Å². The van der Waals surface area contributed by atoms with Crippen LogP contribution in [0.5, 0.6) is 0 Å². The van der Waals surface area contributed by atoms with Crippen LogP contribution in [0.25, 0.3) is 0 Å². The van der Waals surface area contributed by atoms with Gasteiger partial charge in [0.05, 0.1) is 0 Å². The Morgan fingerprint density at radius 3 is 1.93 bits per heavy atom. The van der Waals surface area contributed by atoms with Crippen LogP contribution in [0.3, 0.4) is 0 Å². The van der Waals surface area contributed by atoms with Crippen molar-refractivity contribution in [3.8, 4) is 0 Å². The van der Waals surface area contributed by atoms with Crippen LogP contribution >= 0.6 is 0 Å². The van der Waals surface area contributed by atoms with E-state index in [9.17, 15) is 14.4 Å². The number of aliphatic carboxylic acids is 2. The van der Waals surface area contributed by atoms with E-state index in [0.29, 0.717) is 0 Å². The van der Waals surface area contributed by atoms with Gasteiger partial charge in [-0.1, -0.05) is 57.6 Å². The van der Waals surface area contributed by atoms with Crippen LogP contribution in [-0.2, 0) is 14.4 Å². The van der Waals surface area contributed by atoms with Gasteiger partial charge in [0.2, 0.25) is 5.91 Å². The standard InChI is InChI=1S/C21H37NO5/c1-2-3-4-5-6-7-8-9-10-11-12-13-14-15-19(23)22-18(21(26)27)16-17-20(24)25/h7-8,18H,2-6,9-17H2,1H3,(H,22,23)(H,24,25)(H,26,27). The third kappa shape index (κ3) is 17.3. The molecule has 0 rings (SSSR count). The lowest BCUT2D eigenvalue weighted by atomic mass is 10.1. The molecule has 0 aliphatic carbocycles. The molecule has 1 amide bonds. The molecular weight excluding hydrogens is 346 g/mol. The monoisotopic (exact) mass is 383 g/mol. The van der Waals surface area contributed by atoms with Crippen LogP contribution in [0.4, 0.5) is 0 Å². The molecule has 3 N–H and O–H groups in total. The fourth-order valence-corrected chi connectivity index (χ4v) is 2.79. The zero-order chi connectivity index (χ0) is 20.3. The van der Waals surface area contributed by atoms with E-state index in [1.54, 1.807) is 0 Å². The van der Waals surface area contributed by atoms with Crippen LogP contribution in [0.15, 0.2) is 12.2 Å². The second-order valence-corrected chi connectivity index (χ2v) is 7.02. The van der Waals surface area contributed by atoms with Crippen molar-refractivity contribution in [1.82, 2.24) is 5.32 Å². The average molecular weight is 384 g/mol. The summed E-state index contributed by atoms with van der Waals surface area (Å²) in [5, 5.41) is 20.0. The number of hydrogen-bond donors (Lipinski definition) is 3. The number of carbonyl (C=O) groups is 3. The quantitative estimate of drug-likeness (QED) is 0.235. The van der Waals surface area contributed by atoms with Crippen molar-refractivity contribution in [2.45, 2.75) is 103 Å². The lowest BCUT2D eigenvalue weighted by molar-refractivity contribution is -0.143. The second kappa shape index (κ2) is 17.6. The molecule has 27 heavy (non-hydrogen) atoms. The topological polar surface area (TPSA) is 104 Å². The third-order valence-electron chi connectivity index (χ3n) is 4.45. The smallest absolute Gasteiger partial charge is 0.326 e. The minimum Gasteiger partial charge on any atom is -0.481 e. The van der Waals surface area contributed by atoms with Crippen molar-refractivity contribution >= 4 is 17.8 Å². The van der Waals surface area contributed by atoms with Gasteiger partial charge < -0.3 is 15.5 Å². The molecule has 0 aromatic rings. The molecule has 1 unspecified atom stereocenters. The van der Waals surface area contributed by atoms with E-state index in [0.717, 1.165) is 38.5 Å². The molecule has 0 heterocycles. The number of allylic oxidation sites excluding steroid dienone is 2. The molecule has 0 aliphatic rings. The molecule has 1 atom stereocenters. The van der Waals surface area contributed by atoms with Crippen molar-refractivity contribution < 1.29 is 24.6 Å². The first kappa shape index (κ1) is 25.1. The van der Waals surface area contributed by atoms with E-state index in [2.05, 4.69) is 24.4 Å². The molecule has 156 valence electrons. The minimum absolute atomic E-state index is 0.0947. The van der Waals surface area contributed by atoms with E-state index in [1.165, 1.54) is 32.1 Å². The Morgan fingerprint density at radius 2 is 1.37 bits per heavy atom. The Balaban J connectivity index is 3.60. The van der Waals surface area contributed by atoms with Crippen LogP contribution in [0, 0.1) is 0 Å². The molecule has 6 nitrogen and oxygen atoms in total. The Kier molecular flexibility index (Phi) is 16.4. The molecule has 0 saturated heterocycles. The maximum atomic E-state index is 11.8. The maximum absolute atomic E-state index is 11.8. The van der Waals surface area contributed by atoms with Gasteiger partial charge in [0.1, 0.15) is 6.04 Å². The van der Waals surface area contributed by atoms with Crippen LogP contribution < -0.4 is 5.32 Å². The van der Waals surface area contributed by atoms with Gasteiger partial charge in [-0.05, 0) is 38.5 Å². The maximum Gasteiger partial charge on any atom is 0.326 e. The lowest BCUT2D eigenvalue weighted by Crippen LogP contribution is -2.41. The molecule has 0 spiro atoms. The molecule has 0 saturated carbocycles. The number of rotatable bonds is 18. The number of unbranched alkanes of at least 4 members (excludes halogenated alkanes) is 9. The molecule has 0 aliphatic heterocycles. The largest absolute Gasteiger partial charge is 0.481 e. The molecule has 0 aromatic heterocycles. The van der Waals surface area contributed by atoms with Crippen molar-refractivity contribution in [3.05, 3.63) is 12.2 Å². The first-order valence-electron chi connectivity index (χ1n) is 10.4. The molecule has 0 fully saturated rings. The normalized spacial score (nSPS) is 12.2. The highest BCUT2D eigenvalue weighted by atomic mass is 16.4. The van der Waals surface area contributed by atoms with Crippen molar-refractivity contribution in [2.24, 2.45) is 0 Å². The molecule has 0 bridgehead atoms. The predicted octanol–water partition coefficient (Wildman–Crippen LogP) is 4.68. The third-order valence-corrected chi connectivity index (χ3v) is 4.45. The predicted molar refractivity (Wildman–Crippen MR) is 107 cm³/mol. The van der Waals surface area contributed by atoms with Gasteiger partial charge in [-0.25, -0.2) is 4.79 Å². The number of hydrogen-bond acceptors (Lipinski definition) is 3. The fourth-order valence-electron chi connectivity index (χ4n) is 2.79. The van der Waals surface area contributed by atoms with Crippen LogP contribution in [0.2, 0.25) is 0 Å². The molecule has 0 aromatic carbocycles. The average Bonchev–Trinajstić information content (AvgIpc) is 2.62. The summed E-state index contributed by atoms with van der Waals surface area (Å²) in [5.41, 5.74) is 0. The van der Waals surface area contributed by atoms with E-state index in [-0.39, 0.29) is 25.2 Å². The number of nitrogens with one attached hydrogen (secondary N) is 1. The SMILES string of the molecule is CCCCCCC=CCCCCCCCC(=O)NC(CCC(=O)O)C(=O)O. The van der Waals surface area contributed by atoms with Gasteiger partial charge >= 0.3 is 11.9 Å². The summed E-state index contributed by atoms with van der Waals surface area (Å²) in [6, 6.07) is -1.12. The second-order valence-electron chi connectivity index (χ2n) is 7.02. The van der Waals surface area contributed by atoms with Crippen LogP contribution in [-0.4, -0.2) is 34.1 Å². The highest BCUT2D eigenvalue weighted by Crippen LogP contribution is 2.09. The van der Waals surface area contributed by atoms with Gasteiger partial charge in [-0.2, -0.15) is 0 Å². The van der Waals surface area contributed by atoms with E-state index in [1.807, 2.05) is 0 Å². The summed E-state index contributed by atoms with van der Waals surface area (Å²) in [5.74, 6) is -2.58. The number of carbonyl (C=O) groups excluding carboxylic acids is 1. The Hall–Kier alpha value is -1.85. The summed E-state index contributed by atoms with van der Waals surface area (Å²) in [6.45, 7) is 2.22. The molecular formula is C21H37NO5. The van der Waals surface area contributed by atoms with Crippen LogP contribution in [0.1, 0.15) is 96.8 Å². The van der Waals surface area contributed by atoms with Gasteiger partial charge in [-0.15, -0.1) is 0 Å². The molecule has 0 radical (unpaired) electrons. The zero-order valence-electron chi connectivity index (χ0n) is 16.8. The van der Waals surface area contributed by atoms with Gasteiger partial charge in [0, 0.05) is 12.8 Å². The Bertz CT molecular complexity index is 448. The fraction of sp³-hybridized carbons (Fsp3) is 0.762. The number of carboxylic acid groups (broad SMARTS) is 2. The highest BCUT2D eigenvalue weighted by molar-refractivity contribution is 5.83. The summed E-state index contributed by atoms with van der Waals surface area (Å²) in [6.07, 6.45) is 17.0. The summed E-state index contributed by atoms with van der Waals surface area (Å²) >= 11 is 0. The van der Waals surface area contributed by atoms with Crippen molar-refractivity contribution in [1.29, 1.82) is 0 Å². The zero-order valence-corrected chi connectivity index (χ0v) is 16.8. The van der Waals surface area contributed by atoms with E-state index in [4.69, 9.17) is 10.2 Å². The van der Waals surface area contributed by atoms with E-state index >= 15 is 0 Å². The highest BCUT2D eigenvalue weighted by Gasteiger charge is 2.20. The molecule has 6 heteroatoms. The Labute approximate surface area is 163 Å².